The van der Waals surface area contributed by atoms with E-state index in [-0.39, 0.29) is 11.7 Å². The summed E-state index contributed by atoms with van der Waals surface area (Å²) in [6, 6.07) is 6.64. The van der Waals surface area contributed by atoms with Gasteiger partial charge >= 0.3 is 0 Å². The first-order chi connectivity index (χ1) is 10.1. The lowest BCUT2D eigenvalue weighted by atomic mass is 10.2. The van der Waals surface area contributed by atoms with E-state index in [9.17, 15) is 9.59 Å². The average Bonchev–Trinajstić information content (AvgIpc) is 2.90. The smallest absolute Gasteiger partial charge is 0.261 e. The van der Waals surface area contributed by atoms with Crippen LogP contribution in [0.5, 0.6) is 5.75 Å². The molecule has 0 unspecified atom stereocenters. The number of hydrogen-bond donors (Lipinski definition) is 3. The fourth-order valence-electron chi connectivity index (χ4n) is 1.52. The van der Waals surface area contributed by atoms with Crippen LogP contribution < -0.4 is 15.8 Å². The largest absolute Gasteiger partial charge is 0.496 e. The first kappa shape index (κ1) is 14.9. The highest BCUT2D eigenvalue weighted by Crippen LogP contribution is 2.17. The number of aromatic nitrogens is 3. The summed E-state index contributed by atoms with van der Waals surface area (Å²) in [5.41, 5.74) is 5.65. The third-order valence-electron chi connectivity index (χ3n) is 2.42. The maximum atomic E-state index is 12.0. The number of anilines is 1. The molecule has 0 aliphatic rings. The molecule has 9 heteroatoms. The van der Waals surface area contributed by atoms with E-state index in [1.807, 2.05) is 0 Å². The molecule has 1 heterocycles. The van der Waals surface area contributed by atoms with E-state index in [4.69, 9.17) is 10.5 Å². The highest BCUT2D eigenvalue weighted by molar-refractivity contribution is 7.99. The standard InChI is InChI=1S/C12H13N5O3S/c1-20-8-5-3-2-4-7(8)10(19)14-9(18)6-21-12-15-11(13)16-17-12/h2-5H,6H2,1H3,(H,14,18,19)(H3,13,15,16,17). The number of rotatable bonds is 5. The average molecular weight is 307 g/mol. The number of methoxy groups -OCH3 is 1. The molecule has 1 aromatic carbocycles. The Hall–Kier alpha value is -2.55. The molecule has 0 saturated heterocycles. The monoisotopic (exact) mass is 307 g/mol. The Kier molecular flexibility index (Phi) is 4.77. The van der Waals surface area contributed by atoms with Gasteiger partial charge in [-0.05, 0) is 12.1 Å². The van der Waals surface area contributed by atoms with Crippen molar-refractivity contribution >= 4 is 29.5 Å². The summed E-state index contributed by atoms with van der Waals surface area (Å²) in [4.78, 5) is 27.5. The highest BCUT2D eigenvalue weighted by atomic mass is 32.2. The molecule has 0 bridgehead atoms. The summed E-state index contributed by atoms with van der Waals surface area (Å²) in [6.07, 6.45) is 0. The van der Waals surface area contributed by atoms with Crippen LogP contribution in [0, 0.1) is 0 Å². The summed E-state index contributed by atoms with van der Waals surface area (Å²) < 4.78 is 5.06. The number of para-hydroxylation sites is 1. The zero-order chi connectivity index (χ0) is 15.2. The van der Waals surface area contributed by atoms with Crippen LogP contribution >= 0.6 is 11.8 Å². The van der Waals surface area contributed by atoms with Crippen molar-refractivity contribution in [3.05, 3.63) is 29.8 Å². The lowest BCUT2D eigenvalue weighted by Gasteiger charge is -2.07. The summed E-state index contributed by atoms with van der Waals surface area (Å²) >= 11 is 1.07. The van der Waals surface area contributed by atoms with Crippen LogP contribution in [0.15, 0.2) is 29.4 Å². The first-order valence-electron chi connectivity index (χ1n) is 5.88. The molecule has 0 aliphatic carbocycles. The fraction of sp³-hybridized carbons (Fsp3) is 0.167. The van der Waals surface area contributed by atoms with E-state index >= 15 is 0 Å². The van der Waals surface area contributed by atoms with Gasteiger partial charge in [0.1, 0.15) is 5.75 Å². The van der Waals surface area contributed by atoms with E-state index < -0.39 is 11.8 Å². The second kappa shape index (κ2) is 6.75. The van der Waals surface area contributed by atoms with Gasteiger partial charge in [-0.15, -0.1) is 5.10 Å². The van der Waals surface area contributed by atoms with Gasteiger partial charge in [-0.25, -0.2) is 5.10 Å². The second-order valence-electron chi connectivity index (χ2n) is 3.87. The van der Waals surface area contributed by atoms with Crippen molar-refractivity contribution in [1.29, 1.82) is 0 Å². The van der Waals surface area contributed by atoms with Crippen molar-refractivity contribution in [2.75, 3.05) is 18.6 Å². The van der Waals surface area contributed by atoms with Crippen molar-refractivity contribution in [1.82, 2.24) is 20.5 Å². The number of thioether (sulfide) groups is 1. The van der Waals surface area contributed by atoms with Gasteiger partial charge in [0, 0.05) is 0 Å². The lowest BCUT2D eigenvalue weighted by Crippen LogP contribution is -2.32. The molecule has 0 saturated carbocycles. The van der Waals surface area contributed by atoms with E-state index in [2.05, 4.69) is 20.5 Å². The van der Waals surface area contributed by atoms with E-state index in [1.165, 1.54) is 7.11 Å². The van der Waals surface area contributed by atoms with Crippen molar-refractivity contribution in [2.45, 2.75) is 5.16 Å². The molecular formula is C12H13N5O3S. The molecule has 110 valence electrons. The Bertz CT molecular complexity index is 658. The summed E-state index contributed by atoms with van der Waals surface area (Å²) in [5.74, 6) is -0.412. The third-order valence-corrected chi connectivity index (χ3v) is 3.27. The molecule has 0 radical (unpaired) electrons. The number of nitrogens with one attached hydrogen (secondary N) is 2. The molecule has 8 nitrogen and oxygen atoms in total. The zero-order valence-corrected chi connectivity index (χ0v) is 11.9. The molecule has 2 aromatic rings. The summed E-state index contributed by atoms with van der Waals surface area (Å²) in [5, 5.41) is 8.84. The van der Waals surface area contributed by atoms with Crippen molar-refractivity contribution < 1.29 is 14.3 Å². The molecule has 2 amide bonds. The summed E-state index contributed by atoms with van der Waals surface area (Å²) in [6.45, 7) is 0. The first-order valence-corrected chi connectivity index (χ1v) is 6.86. The lowest BCUT2D eigenvalue weighted by molar-refractivity contribution is -0.117. The quantitative estimate of drug-likeness (QED) is 0.685. The number of imide groups is 1. The highest BCUT2D eigenvalue weighted by Gasteiger charge is 2.15. The minimum absolute atomic E-state index is 0.00180. The fourth-order valence-corrected chi connectivity index (χ4v) is 2.12. The molecule has 2 rings (SSSR count). The third kappa shape index (κ3) is 3.96. The topological polar surface area (TPSA) is 123 Å². The number of aromatic amines is 1. The molecular weight excluding hydrogens is 294 g/mol. The number of carbonyl (C=O) groups is 2. The van der Waals surface area contributed by atoms with Crippen LogP contribution in [0.4, 0.5) is 5.95 Å². The molecule has 0 fully saturated rings. The van der Waals surface area contributed by atoms with E-state index in [0.29, 0.717) is 16.5 Å². The Morgan fingerprint density at radius 1 is 1.43 bits per heavy atom. The Labute approximate surface area is 124 Å². The second-order valence-corrected chi connectivity index (χ2v) is 4.81. The molecule has 0 spiro atoms. The number of H-pyrrole nitrogens is 1. The van der Waals surface area contributed by atoms with Crippen molar-refractivity contribution in [2.24, 2.45) is 0 Å². The minimum atomic E-state index is -0.521. The van der Waals surface area contributed by atoms with E-state index in [1.54, 1.807) is 24.3 Å². The molecule has 1 aromatic heterocycles. The van der Waals surface area contributed by atoms with Crippen molar-refractivity contribution in [3.63, 3.8) is 0 Å². The van der Waals surface area contributed by atoms with Gasteiger partial charge in [-0.1, -0.05) is 23.9 Å². The van der Waals surface area contributed by atoms with Crippen LogP contribution in [0.25, 0.3) is 0 Å². The Balaban J connectivity index is 1.91. The number of nitrogen functional groups attached to an aromatic ring is 1. The molecule has 0 atom stereocenters. The van der Waals surface area contributed by atoms with Gasteiger partial charge in [0.05, 0.1) is 18.4 Å². The van der Waals surface area contributed by atoms with Gasteiger partial charge in [-0.2, -0.15) is 4.98 Å². The zero-order valence-electron chi connectivity index (χ0n) is 11.1. The van der Waals surface area contributed by atoms with Crippen LogP contribution in [0.1, 0.15) is 10.4 Å². The van der Waals surface area contributed by atoms with Crippen LogP contribution in [0.3, 0.4) is 0 Å². The number of nitrogens with zero attached hydrogens (tertiary/aromatic N) is 2. The number of nitrogens with two attached hydrogens (primary N) is 1. The van der Waals surface area contributed by atoms with Crippen LogP contribution in [-0.4, -0.2) is 39.9 Å². The van der Waals surface area contributed by atoms with Gasteiger partial charge in [0.2, 0.25) is 17.0 Å². The number of benzene rings is 1. The van der Waals surface area contributed by atoms with Gasteiger partial charge in [0.15, 0.2) is 0 Å². The van der Waals surface area contributed by atoms with Gasteiger partial charge in [-0.3, -0.25) is 14.9 Å². The minimum Gasteiger partial charge on any atom is -0.496 e. The molecule has 21 heavy (non-hydrogen) atoms. The number of ether oxygens (including phenoxy) is 1. The normalized spacial score (nSPS) is 10.1. The van der Waals surface area contributed by atoms with Crippen LogP contribution in [0.2, 0.25) is 0 Å². The van der Waals surface area contributed by atoms with Crippen LogP contribution in [-0.2, 0) is 4.79 Å². The number of amides is 2. The SMILES string of the molecule is COc1ccccc1C(=O)NC(=O)CSc1n[nH]c(N)n1. The van der Waals surface area contributed by atoms with Gasteiger partial charge in [0.25, 0.3) is 5.91 Å². The van der Waals surface area contributed by atoms with Gasteiger partial charge < -0.3 is 10.5 Å². The maximum absolute atomic E-state index is 12.0. The predicted molar refractivity (Wildman–Crippen MR) is 77.0 cm³/mol. The maximum Gasteiger partial charge on any atom is 0.261 e. The molecule has 4 N–H and O–H groups in total. The number of carbonyl (C=O) groups excluding carboxylic acids is 2. The molecule has 0 aliphatic heterocycles. The Morgan fingerprint density at radius 2 is 2.19 bits per heavy atom. The summed E-state index contributed by atoms with van der Waals surface area (Å²) in [7, 11) is 1.46. The van der Waals surface area contributed by atoms with Crippen molar-refractivity contribution in [3.8, 4) is 5.75 Å². The Morgan fingerprint density at radius 3 is 2.86 bits per heavy atom. The number of hydrogen-bond acceptors (Lipinski definition) is 7. The van der Waals surface area contributed by atoms with E-state index in [0.717, 1.165) is 11.8 Å². The predicted octanol–water partition coefficient (Wildman–Crippen LogP) is 0.444.